The number of carbonyl (C=O) groups is 2. The van der Waals surface area contributed by atoms with Crippen LogP contribution < -0.4 is 19.7 Å². The molecule has 2 amide bonds. The predicted molar refractivity (Wildman–Crippen MR) is 117 cm³/mol. The second-order valence-corrected chi connectivity index (χ2v) is 7.99. The SMILES string of the molecule is Cc1ccc2c(c1)N(C(=O)CCC(=O)NCc1ccc(OC(C)C)cc1)CC(C)O2. The number of hydrogen-bond acceptors (Lipinski definition) is 4. The molecule has 1 aliphatic heterocycles. The van der Waals surface area contributed by atoms with E-state index in [4.69, 9.17) is 9.47 Å². The Hall–Kier alpha value is -3.02. The van der Waals surface area contributed by atoms with Crippen molar-refractivity contribution in [3.63, 3.8) is 0 Å². The molecule has 6 heteroatoms. The Morgan fingerprint density at radius 2 is 1.90 bits per heavy atom. The van der Waals surface area contributed by atoms with Crippen LogP contribution in [-0.2, 0) is 16.1 Å². The van der Waals surface area contributed by atoms with Gasteiger partial charge >= 0.3 is 0 Å². The van der Waals surface area contributed by atoms with E-state index in [1.165, 1.54) is 0 Å². The first-order chi connectivity index (χ1) is 14.3. The van der Waals surface area contributed by atoms with E-state index in [0.717, 1.165) is 22.6 Å². The Morgan fingerprint density at radius 1 is 1.17 bits per heavy atom. The maximum atomic E-state index is 12.8. The zero-order chi connectivity index (χ0) is 21.7. The Labute approximate surface area is 178 Å². The fourth-order valence-corrected chi connectivity index (χ4v) is 3.39. The maximum absolute atomic E-state index is 12.8. The monoisotopic (exact) mass is 410 g/mol. The standard InChI is InChI=1S/C24H30N2O4/c1-16(2)29-20-8-6-19(7-9-20)14-25-23(27)11-12-24(28)26-15-18(4)30-22-10-5-17(3)13-21(22)26/h5-10,13,16,18H,11-12,14-15H2,1-4H3,(H,25,27). The summed E-state index contributed by atoms with van der Waals surface area (Å²) in [5.41, 5.74) is 2.83. The van der Waals surface area contributed by atoms with Crippen LogP contribution in [-0.4, -0.2) is 30.6 Å². The van der Waals surface area contributed by atoms with Crippen molar-refractivity contribution < 1.29 is 19.1 Å². The highest BCUT2D eigenvalue weighted by Crippen LogP contribution is 2.34. The molecule has 0 fully saturated rings. The molecule has 1 unspecified atom stereocenters. The van der Waals surface area contributed by atoms with E-state index in [9.17, 15) is 9.59 Å². The first kappa shape index (κ1) is 21.7. The number of carbonyl (C=O) groups excluding carboxylic acids is 2. The highest BCUT2D eigenvalue weighted by molar-refractivity contribution is 5.97. The third-order valence-corrected chi connectivity index (χ3v) is 4.82. The number of rotatable bonds is 7. The van der Waals surface area contributed by atoms with Gasteiger partial charge in [0.1, 0.15) is 17.6 Å². The van der Waals surface area contributed by atoms with Gasteiger partial charge in [-0.25, -0.2) is 0 Å². The average Bonchev–Trinajstić information content (AvgIpc) is 2.70. The van der Waals surface area contributed by atoms with Crippen molar-refractivity contribution in [3.05, 3.63) is 53.6 Å². The summed E-state index contributed by atoms with van der Waals surface area (Å²) in [7, 11) is 0. The summed E-state index contributed by atoms with van der Waals surface area (Å²) >= 11 is 0. The Balaban J connectivity index is 1.50. The Kier molecular flexibility index (Phi) is 6.98. The third kappa shape index (κ3) is 5.75. The molecule has 2 aromatic rings. The molecule has 0 saturated heterocycles. The first-order valence-corrected chi connectivity index (χ1v) is 10.4. The number of fused-ring (bicyclic) bond motifs is 1. The fourth-order valence-electron chi connectivity index (χ4n) is 3.39. The number of aryl methyl sites for hydroxylation is 1. The fraction of sp³-hybridized carbons (Fsp3) is 0.417. The van der Waals surface area contributed by atoms with Crippen LogP contribution in [0.4, 0.5) is 5.69 Å². The molecule has 0 radical (unpaired) electrons. The maximum Gasteiger partial charge on any atom is 0.227 e. The normalized spacial score (nSPS) is 15.4. The lowest BCUT2D eigenvalue weighted by atomic mass is 10.1. The van der Waals surface area contributed by atoms with Gasteiger partial charge in [-0.1, -0.05) is 18.2 Å². The summed E-state index contributed by atoms with van der Waals surface area (Å²) in [6.45, 7) is 8.79. The Morgan fingerprint density at radius 3 is 2.60 bits per heavy atom. The van der Waals surface area contributed by atoms with Crippen molar-refractivity contribution in [3.8, 4) is 11.5 Å². The molecular formula is C24H30N2O4. The van der Waals surface area contributed by atoms with Crippen LogP contribution in [0, 0.1) is 6.92 Å². The minimum absolute atomic E-state index is 0.0673. The van der Waals surface area contributed by atoms with Crippen molar-refractivity contribution in [1.29, 1.82) is 0 Å². The predicted octanol–water partition coefficient (Wildman–Crippen LogP) is 3.99. The Bertz CT molecular complexity index is 893. The van der Waals surface area contributed by atoms with Gasteiger partial charge < -0.3 is 19.7 Å². The molecule has 0 saturated carbocycles. The summed E-state index contributed by atoms with van der Waals surface area (Å²) < 4.78 is 11.4. The van der Waals surface area contributed by atoms with Crippen LogP contribution in [0.15, 0.2) is 42.5 Å². The zero-order valence-electron chi connectivity index (χ0n) is 18.1. The van der Waals surface area contributed by atoms with Gasteiger partial charge in [-0.3, -0.25) is 9.59 Å². The van der Waals surface area contributed by atoms with Crippen LogP contribution in [0.2, 0.25) is 0 Å². The van der Waals surface area contributed by atoms with Gasteiger partial charge in [-0.15, -0.1) is 0 Å². The molecule has 0 bridgehead atoms. The molecule has 6 nitrogen and oxygen atoms in total. The van der Waals surface area contributed by atoms with E-state index in [-0.39, 0.29) is 36.9 Å². The number of benzene rings is 2. The zero-order valence-corrected chi connectivity index (χ0v) is 18.1. The number of hydrogen-bond donors (Lipinski definition) is 1. The molecule has 1 heterocycles. The second kappa shape index (κ2) is 9.65. The van der Waals surface area contributed by atoms with Crippen molar-refractivity contribution in [2.24, 2.45) is 0 Å². The van der Waals surface area contributed by atoms with E-state index in [1.54, 1.807) is 4.90 Å². The first-order valence-electron chi connectivity index (χ1n) is 10.4. The van der Waals surface area contributed by atoms with Crippen LogP contribution in [0.5, 0.6) is 11.5 Å². The highest BCUT2D eigenvalue weighted by Gasteiger charge is 2.27. The van der Waals surface area contributed by atoms with E-state index >= 15 is 0 Å². The molecule has 3 rings (SSSR count). The molecule has 2 aromatic carbocycles. The van der Waals surface area contributed by atoms with Crippen molar-refractivity contribution in [1.82, 2.24) is 5.32 Å². The van der Waals surface area contributed by atoms with Crippen molar-refractivity contribution in [2.45, 2.75) is 59.3 Å². The molecule has 0 spiro atoms. The molecule has 30 heavy (non-hydrogen) atoms. The molecule has 1 N–H and O–H groups in total. The lowest BCUT2D eigenvalue weighted by Gasteiger charge is -2.33. The van der Waals surface area contributed by atoms with Crippen LogP contribution in [0.1, 0.15) is 44.7 Å². The highest BCUT2D eigenvalue weighted by atomic mass is 16.5. The molecule has 160 valence electrons. The minimum atomic E-state index is -0.142. The van der Waals surface area contributed by atoms with Crippen LogP contribution in [0.25, 0.3) is 0 Å². The van der Waals surface area contributed by atoms with Gasteiger partial charge in [0.05, 0.1) is 18.3 Å². The summed E-state index contributed by atoms with van der Waals surface area (Å²) in [6.07, 6.45) is 0.354. The molecule has 1 aliphatic rings. The van der Waals surface area contributed by atoms with Gasteiger partial charge in [-0.2, -0.15) is 0 Å². The van der Waals surface area contributed by atoms with Crippen LogP contribution in [0.3, 0.4) is 0 Å². The topological polar surface area (TPSA) is 67.9 Å². The molecule has 0 aliphatic carbocycles. The summed E-state index contributed by atoms with van der Waals surface area (Å²) in [5, 5.41) is 2.88. The number of anilines is 1. The van der Waals surface area contributed by atoms with E-state index in [0.29, 0.717) is 18.8 Å². The van der Waals surface area contributed by atoms with E-state index in [1.807, 2.05) is 70.2 Å². The largest absolute Gasteiger partial charge is 0.491 e. The summed E-state index contributed by atoms with van der Waals surface area (Å²) in [6, 6.07) is 13.5. The number of nitrogens with one attached hydrogen (secondary N) is 1. The van der Waals surface area contributed by atoms with Gasteiger partial charge in [-0.05, 0) is 63.1 Å². The number of ether oxygens (including phenoxy) is 2. The van der Waals surface area contributed by atoms with Gasteiger partial charge in [0.15, 0.2) is 0 Å². The molecular weight excluding hydrogens is 380 g/mol. The lowest BCUT2D eigenvalue weighted by Crippen LogP contribution is -2.42. The van der Waals surface area contributed by atoms with E-state index < -0.39 is 0 Å². The lowest BCUT2D eigenvalue weighted by molar-refractivity contribution is -0.125. The molecule has 0 aromatic heterocycles. The third-order valence-electron chi connectivity index (χ3n) is 4.82. The van der Waals surface area contributed by atoms with Gasteiger partial charge in [0.2, 0.25) is 11.8 Å². The van der Waals surface area contributed by atoms with Gasteiger partial charge in [0.25, 0.3) is 0 Å². The summed E-state index contributed by atoms with van der Waals surface area (Å²) in [4.78, 5) is 26.8. The number of nitrogens with zero attached hydrogens (tertiary/aromatic N) is 1. The summed E-state index contributed by atoms with van der Waals surface area (Å²) in [5.74, 6) is 1.31. The minimum Gasteiger partial charge on any atom is -0.491 e. The smallest absolute Gasteiger partial charge is 0.227 e. The van der Waals surface area contributed by atoms with Crippen molar-refractivity contribution >= 4 is 17.5 Å². The quantitative estimate of drug-likeness (QED) is 0.749. The number of amides is 2. The van der Waals surface area contributed by atoms with Gasteiger partial charge in [0, 0.05) is 19.4 Å². The van der Waals surface area contributed by atoms with Crippen LogP contribution >= 0.6 is 0 Å². The second-order valence-electron chi connectivity index (χ2n) is 7.99. The average molecular weight is 411 g/mol. The van der Waals surface area contributed by atoms with E-state index in [2.05, 4.69) is 5.32 Å². The van der Waals surface area contributed by atoms with Crippen molar-refractivity contribution in [2.75, 3.05) is 11.4 Å². The molecule has 1 atom stereocenters.